The SMILES string of the molecule is O=C(Cn1cnc2cc3c(cc21)OCCCO3)NCCOc1ccc(Cl)cc1. The second-order valence-electron chi connectivity index (χ2n) is 6.36. The number of nitrogens with one attached hydrogen (secondary N) is 1. The molecule has 0 radical (unpaired) electrons. The Morgan fingerprint density at radius 2 is 1.93 bits per heavy atom. The largest absolute Gasteiger partial charge is 0.492 e. The van der Waals surface area contributed by atoms with E-state index in [1.54, 1.807) is 35.2 Å². The van der Waals surface area contributed by atoms with E-state index in [0.717, 1.165) is 17.5 Å². The third-order valence-corrected chi connectivity index (χ3v) is 4.56. The Kier molecular flexibility index (Phi) is 5.53. The van der Waals surface area contributed by atoms with Gasteiger partial charge in [0.15, 0.2) is 11.5 Å². The van der Waals surface area contributed by atoms with Gasteiger partial charge in [0.2, 0.25) is 5.91 Å². The van der Waals surface area contributed by atoms with Crippen LogP contribution in [-0.4, -0.2) is 41.8 Å². The van der Waals surface area contributed by atoms with Gasteiger partial charge < -0.3 is 24.1 Å². The minimum Gasteiger partial charge on any atom is -0.492 e. The number of hydrogen-bond donors (Lipinski definition) is 1. The van der Waals surface area contributed by atoms with Gasteiger partial charge in [-0.05, 0) is 24.3 Å². The Hall–Kier alpha value is -2.93. The molecule has 1 amide bonds. The standard InChI is InChI=1S/C20H20ClN3O4/c21-14-2-4-15(5-3-14)26-9-6-22-20(25)12-24-13-23-16-10-18-19(11-17(16)24)28-8-1-7-27-18/h2-5,10-11,13H,1,6-9,12H2,(H,22,25). The molecule has 0 unspecified atom stereocenters. The number of hydrogen-bond acceptors (Lipinski definition) is 5. The van der Waals surface area contributed by atoms with Gasteiger partial charge in [0.25, 0.3) is 0 Å². The molecule has 1 aliphatic heterocycles. The number of carbonyl (C=O) groups excluding carboxylic acids is 1. The van der Waals surface area contributed by atoms with Crippen LogP contribution in [0.15, 0.2) is 42.7 Å². The van der Waals surface area contributed by atoms with Crippen LogP contribution in [0.3, 0.4) is 0 Å². The number of benzene rings is 2. The summed E-state index contributed by atoms with van der Waals surface area (Å²) in [5.74, 6) is 1.97. The summed E-state index contributed by atoms with van der Waals surface area (Å²) >= 11 is 5.84. The molecule has 0 saturated carbocycles. The number of halogens is 1. The Balaban J connectivity index is 1.33. The van der Waals surface area contributed by atoms with Crippen LogP contribution in [0.1, 0.15) is 6.42 Å². The van der Waals surface area contributed by atoms with Crippen molar-refractivity contribution in [2.24, 2.45) is 0 Å². The lowest BCUT2D eigenvalue weighted by Crippen LogP contribution is -2.31. The van der Waals surface area contributed by atoms with Crippen molar-refractivity contribution < 1.29 is 19.0 Å². The van der Waals surface area contributed by atoms with E-state index < -0.39 is 0 Å². The maximum Gasteiger partial charge on any atom is 0.240 e. The van der Waals surface area contributed by atoms with E-state index in [2.05, 4.69) is 10.3 Å². The first-order valence-electron chi connectivity index (χ1n) is 9.08. The zero-order valence-electron chi connectivity index (χ0n) is 15.2. The number of nitrogens with zero attached hydrogens (tertiary/aromatic N) is 2. The lowest BCUT2D eigenvalue weighted by atomic mass is 10.2. The number of rotatable bonds is 6. The first-order valence-corrected chi connectivity index (χ1v) is 9.46. The first-order chi connectivity index (χ1) is 13.7. The topological polar surface area (TPSA) is 74.6 Å². The molecule has 0 saturated heterocycles. The summed E-state index contributed by atoms with van der Waals surface area (Å²) in [6.07, 6.45) is 2.49. The smallest absolute Gasteiger partial charge is 0.240 e. The average Bonchev–Trinajstić information content (AvgIpc) is 2.92. The summed E-state index contributed by atoms with van der Waals surface area (Å²) in [6.45, 7) is 2.18. The molecule has 1 aromatic heterocycles. The van der Waals surface area contributed by atoms with Crippen LogP contribution >= 0.6 is 11.6 Å². The zero-order chi connectivity index (χ0) is 19.3. The maximum absolute atomic E-state index is 12.3. The van der Waals surface area contributed by atoms with Crippen LogP contribution in [-0.2, 0) is 11.3 Å². The second kappa shape index (κ2) is 8.39. The third-order valence-electron chi connectivity index (χ3n) is 4.31. The molecule has 1 aliphatic rings. The fraction of sp³-hybridized carbons (Fsp3) is 0.300. The van der Waals surface area contributed by atoms with Gasteiger partial charge in [-0.15, -0.1) is 0 Å². The monoisotopic (exact) mass is 401 g/mol. The molecule has 4 rings (SSSR count). The van der Waals surface area contributed by atoms with E-state index in [9.17, 15) is 4.79 Å². The van der Waals surface area contributed by atoms with Crippen LogP contribution in [0.2, 0.25) is 5.02 Å². The Morgan fingerprint density at radius 3 is 2.71 bits per heavy atom. The molecule has 146 valence electrons. The van der Waals surface area contributed by atoms with Crippen LogP contribution < -0.4 is 19.5 Å². The molecular formula is C20H20ClN3O4. The number of amides is 1. The molecule has 2 aromatic carbocycles. The van der Waals surface area contributed by atoms with Gasteiger partial charge in [-0.1, -0.05) is 11.6 Å². The van der Waals surface area contributed by atoms with E-state index >= 15 is 0 Å². The van der Waals surface area contributed by atoms with Gasteiger partial charge in [0.05, 0.1) is 37.1 Å². The van der Waals surface area contributed by atoms with Crippen LogP contribution in [0.4, 0.5) is 0 Å². The van der Waals surface area contributed by atoms with Crippen molar-refractivity contribution in [3.63, 3.8) is 0 Å². The average molecular weight is 402 g/mol. The van der Waals surface area contributed by atoms with Crippen LogP contribution in [0.5, 0.6) is 17.2 Å². The second-order valence-corrected chi connectivity index (χ2v) is 6.80. The molecule has 28 heavy (non-hydrogen) atoms. The maximum atomic E-state index is 12.3. The summed E-state index contributed by atoms with van der Waals surface area (Å²) in [5.41, 5.74) is 1.60. The summed E-state index contributed by atoms with van der Waals surface area (Å²) < 4.78 is 18.8. The third kappa shape index (κ3) is 4.31. The fourth-order valence-corrected chi connectivity index (χ4v) is 3.07. The van der Waals surface area contributed by atoms with Crippen LogP contribution in [0, 0.1) is 0 Å². The lowest BCUT2D eigenvalue weighted by Gasteiger charge is -2.10. The van der Waals surface area contributed by atoms with Crippen molar-refractivity contribution in [2.75, 3.05) is 26.4 Å². The molecule has 2 heterocycles. The predicted molar refractivity (Wildman–Crippen MR) is 105 cm³/mol. The summed E-state index contributed by atoms with van der Waals surface area (Å²) in [4.78, 5) is 16.6. The molecular weight excluding hydrogens is 382 g/mol. The molecule has 0 aliphatic carbocycles. The normalized spacial score (nSPS) is 13.2. The molecule has 0 fully saturated rings. The highest BCUT2D eigenvalue weighted by atomic mass is 35.5. The summed E-state index contributed by atoms with van der Waals surface area (Å²) in [5, 5.41) is 3.50. The van der Waals surface area contributed by atoms with Gasteiger partial charge in [0.1, 0.15) is 18.9 Å². The van der Waals surface area contributed by atoms with Crippen molar-refractivity contribution in [1.82, 2.24) is 14.9 Å². The lowest BCUT2D eigenvalue weighted by molar-refractivity contribution is -0.121. The number of ether oxygens (including phenoxy) is 3. The predicted octanol–water partition coefficient (Wildman–Crippen LogP) is 3.05. The molecule has 0 bridgehead atoms. The first kappa shape index (κ1) is 18.4. The molecule has 1 N–H and O–H groups in total. The molecule has 8 heteroatoms. The van der Waals surface area contributed by atoms with Gasteiger partial charge in [-0.3, -0.25) is 4.79 Å². The summed E-state index contributed by atoms with van der Waals surface area (Å²) in [6, 6.07) is 10.8. The van der Waals surface area contributed by atoms with E-state index in [4.69, 9.17) is 25.8 Å². The van der Waals surface area contributed by atoms with Crippen LogP contribution in [0.25, 0.3) is 11.0 Å². The highest BCUT2D eigenvalue weighted by Gasteiger charge is 2.15. The van der Waals surface area contributed by atoms with Gasteiger partial charge in [-0.25, -0.2) is 4.98 Å². The van der Waals surface area contributed by atoms with Gasteiger partial charge in [0, 0.05) is 23.6 Å². The van der Waals surface area contributed by atoms with Crippen molar-refractivity contribution in [2.45, 2.75) is 13.0 Å². The highest BCUT2D eigenvalue weighted by Crippen LogP contribution is 2.33. The van der Waals surface area contributed by atoms with Gasteiger partial charge >= 0.3 is 0 Å². The van der Waals surface area contributed by atoms with Crippen molar-refractivity contribution in [3.8, 4) is 17.2 Å². The molecule has 0 spiro atoms. The van der Waals surface area contributed by atoms with E-state index in [-0.39, 0.29) is 12.5 Å². The fourth-order valence-electron chi connectivity index (χ4n) is 2.94. The Morgan fingerprint density at radius 1 is 1.18 bits per heavy atom. The number of carbonyl (C=O) groups is 1. The Bertz CT molecular complexity index is 971. The number of imidazole rings is 1. The minimum atomic E-state index is -0.119. The quantitative estimate of drug-likeness (QED) is 0.642. The van der Waals surface area contributed by atoms with Crippen molar-refractivity contribution in [3.05, 3.63) is 47.7 Å². The highest BCUT2D eigenvalue weighted by molar-refractivity contribution is 6.30. The molecule has 3 aromatic rings. The number of fused-ring (bicyclic) bond motifs is 2. The van der Waals surface area contributed by atoms with E-state index in [0.29, 0.717) is 48.6 Å². The van der Waals surface area contributed by atoms with Gasteiger partial charge in [-0.2, -0.15) is 0 Å². The van der Waals surface area contributed by atoms with Crippen molar-refractivity contribution >= 4 is 28.5 Å². The minimum absolute atomic E-state index is 0.119. The van der Waals surface area contributed by atoms with Crippen molar-refractivity contribution in [1.29, 1.82) is 0 Å². The molecule has 7 nitrogen and oxygen atoms in total. The zero-order valence-corrected chi connectivity index (χ0v) is 15.9. The Labute approximate surface area is 167 Å². The van der Waals surface area contributed by atoms with E-state index in [1.165, 1.54) is 0 Å². The summed E-state index contributed by atoms with van der Waals surface area (Å²) in [7, 11) is 0. The number of aromatic nitrogens is 2. The van der Waals surface area contributed by atoms with E-state index in [1.807, 2.05) is 12.1 Å². The molecule has 0 atom stereocenters.